The van der Waals surface area contributed by atoms with Gasteiger partial charge in [-0.1, -0.05) is 43.9 Å². The molecule has 21 heavy (non-hydrogen) atoms. The van der Waals surface area contributed by atoms with Crippen LogP contribution in [0, 0.1) is 12.8 Å². The average molecular weight is 283 g/mol. The summed E-state index contributed by atoms with van der Waals surface area (Å²) in [6, 6.07) is 10.7. The van der Waals surface area contributed by atoms with Crippen molar-refractivity contribution in [2.24, 2.45) is 11.8 Å². The number of aromatic nitrogens is 1. The lowest BCUT2D eigenvalue weighted by atomic mass is 9.89. The number of nitrogens with zero attached hydrogens (tertiary/aromatic N) is 1. The van der Waals surface area contributed by atoms with Gasteiger partial charge >= 0.3 is 0 Å². The zero-order chi connectivity index (χ0) is 14.7. The number of hydrogen-bond donors (Lipinski definition) is 2. The summed E-state index contributed by atoms with van der Waals surface area (Å²) < 4.78 is 0. The van der Waals surface area contributed by atoms with Gasteiger partial charge in [-0.2, -0.15) is 0 Å². The van der Waals surface area contributed by atoms with Crippen molar-refractivity contribution in [1.29, 1.82) is 0 Å². The Morgan fingerprint density at radius 3 is 2.57 bits per heavy atom. The highest BCUT2D eigenvalue weighted by molar-refractivity contribution is 5.82. The fourth-order valence-electron chi connectivity index (χ4n) is 3.64. The van der Waals surface area contributed by atoms with E-state index in [2.05, 4.69) is 42.7 Å². The molecule has 1 saturated carbocycles. The Bertz CT molecular complexity index is 600. The molecule has 0 bridgehead atoms. The molecule has 0 saturated heterocycles. The van der Waals surface area contributed by atoms with Crippen LogP contribution in [-0.2, 0) is 0 Å². The molecule has 3 N–H and O–H groups in total. The lowest BCUT2D eigenvalue weighted by Gasteiger charge is -2.25. The second kappa shape index (κ2) is 6.54. The number of pyridine rings is 1. The molecule has 0 amide bonds. The fraction of sp³-hybridized carbons (Fsp3) is 0.500. The third kappa shape index (κ3) is 3.09. The van der Waals surface area contributed by atoms with Crippen LogP contribution < -0.4 is 11.3 Å². The summed E-state index contributed by atoms with van der Waals surface area (Å²) in [6.07, 6.45) is 7.85. The van der Waals surface area contributed by atoms with E-state index in [1.54, 1.807) is 0 Å². The van der Waals surface area contributed by atoms with E-state index in [-0.39, 0.29) is 6.04 Å². The third-order valence-electron chi connectivity index (χ3n) is 4.81. The Balaban J connectivity index is 1.96. The highest BCUT2D eigenvalue weighted by Crippen LogP contribution is 2.33. The molecule has 1 fully saturated rings. The molecular weight excluding hydrogens is 258 g/mol. The van der Waals surface area contributed by atoms with Gasteiger partial charge in [-0.05, 0) is 43.4 Å². The van der Waals surface area contributed by atoms with Crippen LogP contribution in [0.15, 0.2) is 30.3 Å². The van der Waals surface area contributed by atoms with Crippen LogP contribution in [0.25, 0.3) is 10.9 Å². The number of rotatable bonds is 3. The molecule has 0 radical (unpaired) electrons. The molecule has 3 rings (SSSR count). The zero-order valence-electron chi connectivity index (χ0n) is 12.8. The number of nitrogens with one attached hydrogen (secondary N) is 1. The number of benzene rings is 1. The van der Waals surface area contributed by atoms with Crippen LogP contribution >= 0.6 is 0 Å². The summed E-state index contributed by atoms with van der Waals surface area (Å²) in [4.78, 5) is 4.87. The molecule has 1 unspecified atom stereocenters. The van der Waals surface area contributed by atoms with E-state index in [4.69, 9.17) is 10.8 Å². The van der Waals surface area contributed by atoms with Gasteiger partial charge in [0.15, 0.2) is 0 Å². The lowest BCUT2D eigenvalue weighted by molar-refractivity contribution is 0.324. The SMILES string of the molecule is Cc1cc(C(NN)C2CCCCCC2)nc2ccccc12. The number of hydrazine groups is 1. The Labute approximate surface area is 126 Å². The Hall–Kier alpha value is -1.45. The summed E-state index contributed by atoms with van der Waals surface area (Å²) >= 11 is 0. The van der Waals surface area contributed by atoms with Gasteiger partial charge in [0.1, 0.15) is 0 Å². The maximum absolute atomic E-state index is 5.89. The standard InChI is InChI=1S/C18H25N3/c1-13-12-17(20-16-11-7-6-10-15(13)16)18(21-19)14-8-4-2-3-5-9-14/h6-7,10-12,14,18,21H,2-5,8-9,19H2,1H3. The minimum Gasteiger partial charge on any atom is -0.271 e. The van der Waals surface area contributed by atoms with Gasteiger partial charge in [-0.25, -0.2) is 0 Å². The van der Waals surface area contributed by atoms with Crippen molar-refractivity contribution in [2.45, 2.75) is 51.5 Å². The second-order valence-corrected chi connectivity index (χ2v) is 6.28. The van der Waals surface area contributed by atoms with Gasteiger partial charge < -0.3 is 0 Å². The largest absolute Gasteiger partial charge is 0.271 e. The van der Waals surface area contributed by atoms with Gasteiger partial charge in [-0.3, -0.25) is 16.3 Å². The molecule has 2 aromatic rings. The van der Waals surface area contributed by atoms with E-state index in [9.17, 15) is 0 Å². The monoisotopic (exact) mass is 283 g/mol. The molecule has 1 atom stereocenters. The van der Waals surface area contributed by atoms with Crippen molar-refractivity contribution in [1.82, 2.24) is 10.4 Å². The summed E-state index contributed by atoms with van der Waals surface area (Å²) in [7, 11) is 0. The summed E-state index contributed by atoms with van der Waals surface area (Å²) in [5, 5.41) is 1.23. The molecule has 3 nitrogen and oxygen atoms in total. The molecule has 1 aliphatic rings. The Kier molecular flexibility index (Phi) is 4.51. The van der Waals surface area contributed by atoms with Crippen molar-refractivity contribution >= 4 is 10.9 Å². The van der Waals surface area contributed by atoms with Crippen LogP contribution in [0.2, 0.25) is 0 Å². The quantitative estimate of drug-likeness (QED) is 0.508. The van der Waals surface area contributed by atoms with Crippen LogP contribution in [0.5, 0.6) is 0 Å². The lowest BCUT2D eigenvalue weighted by Crippen LogP contribution is -2.34. The van der Waals surface area contributed by atoms with E-state index in [1.807, 2.05) is 0 Å². The van der Waals surface area contributed by atoms with Crippen molar-refractivity contribution in [3.05, 3.63) is 41.6 Å². The molecule has 0 aliphatic heterocycles. The molecule has 1 aliphatic carbocycles. The van der Waals surface area contributed by atoms with E-state index in [1.165, 1.54) is 49.5 Å². The zero-order valence-corrected chi connectivity index (χ0v) is 12.8. The van der Waals surface area contributed by atoms with Crippen LogP contribution in [0.1, 0.15) is 55.8 Å². The first-order valence-electron chi connectivity index (χ1n) is 8.12. The van der Waals surface area contributed by atoms with Crippen molar-refractivity contribution in [3.63, 3.8) is 0 Å². The smallest absolute Gasteiger partial charge is 0.0708 e. The first-order chi connectivity index (χ1) is 10.3. The second-order valence-electron chi connectivity index (χ2n) is 6.28. The van der Waals surface area contributed by atoms with Crippen LogP contribution in [0.3, 0.4) is 0 Å². The number of para-hydroxylation sites is 1. The molecule has 0 spiro atoms. The average Bonchev–Trinajstić information content (AvgIpc) is 2.77. The van der Waals surface area contributed by atoms with E-state index in [0.29, 0.717) is 5.92 Å². The maximum Gasteiger partial charge on any atom is 0.0708 e. The summed E-state index contributed by atoms with van der Waals surface area (Å²) in [5.41, 5.74) is 6.50. The number of aryl methyl sites for hydroxylation is 1. The van der Waals surface area contributed by atoms with Gasteiger partial charge in [0.2, 0.25) is 0 Å². The van der Waals surface area contributed by atoms with Gasteiger partial charge in [0, 0.05) is 5.39 Å². The fourth-order valence-corrected chi connectivity index (χ4v) is 3.64. The van der Waals surface area contributed by atoms with E-state index < -0.39 is 0 Å². The maximum atomic E-state index is 5.89. The highest BCUT2D eigenvalue weighted by Gasteiger charge is 2.24. The number of fused-ring (bicyclic) bond motifs is 1. The topological polar surface area (TPSA) is 50.9 Å². The summed E-state index contributed by atoms with van der Waals surface area (Å²) in [6.45, 7) is 2.16. The van der Waals surface area contributed by atoms with Crippen molar-refractivity contribution in [3.8, 4) is 0 Å². The van der Waals surface area contributed by atoms with Gasteiger partial charge in [0.25, 0.3) is 0 Å². The number of nitrogens with two attached hydrogens (primary N) is 1. The highest BCUT2D eigenvalue weighted by atomic mass is 15.2. The molecule has 3 heteroatoms. The predicted molar refractivity (Wildman–Crippen MR) is 87.7 cm³/mol. The van der Waals surface area contributed by atoms with Crippen LogP contribution in [-0.4, -0.2) is 4.98 Å². The molecule has 112 valence electrons. The number of hydrogen-bond acceptors (Lipinski definition) is 3. The first-order valence-corrected chi connectivity index (χ1v) is 8.12. The van der Waals surface area contributed by atoms with E-state index in [0.717, 1.165) is 11.2 Å². The van der Waals surface area contributed by atoms with E-state index >= 15 is 0 Å². The van der Waals surface area contributed by atoms with Crippen molar-refractivity contribution < 1.29 is 0 Å². The van der Waals surface area contributed by atoms with Crippen LogP contribution in [0.4, 0.5) is 0 Å². The Morgan fingerprint density at radius 2 is 1.86 bits per heavy atom. The molecule has 1 aromatic heterocycles. The normalized spacial score (nSPS) is 18.6. The van der Waals surface area contributed by atoms with Gasteiger partial charge in [-0.15, -0.1) is 0 Å². The first kappa shape index (κ1) is 14.5. The molecular formula is C18H25N3. The Morgan fingerprint density at radius 1 is 1.14 bits per heavy atom. The predicted octanol–water partition coefficient (Wildman–Crippen LogP) is 4.02. The van der Waals surface area contributed by atoms with Gasteiger partial charge in [0.05, 0.1) is 17.3 Å². The third-order valence-corrected chi connectivity index (χ3v) is 4.81. The summed E-state index contributed by atoms with van der Waals surface area (Å²) in [5.74, 6) is 6.49. The molecule has 1 aromatic carbocycles. The molecule has 1 heterocycles. The minimum absolute atomic E-state index is 0.173. The minimum atomic E-state index is 0.173. The van der Waals surface area contributed by atoms with Crippen molar-refractivity contribution in [2.75, 3.05) is 0 Å².